The Morgan fingerprint density at radius 3 is 3.09 bits per heavy atom. The Hall–Kier alpha value is -3.02. The summed E-state index contributed by atoms with van der Waals surface area (Å²) in [5.41, 5.74) is 1.62. The predicted molar refractivity (Wildman–Crippen MR) is 81.0 cm³/mol. The lowest BCUT2D eigenvalue weighted by Crippen LogP contribution is -2.08. The molecule has 1 unspecified atom stereocenters. The number of hydrogen-bond donors (Lipinski definition) is 1. The first kappa shape index (κ1) is 13.6. The summed E-state index contributed by atoms with van der Waals surface area (Å²) < 4.78 is 17.0. The summed E-state index contributed by atoms with van der Waals surface area (Å²) in [4.78, 5) is 15.4. The molecule has 0 bridgehead atoms. The van der Waals surface area contributed by atoms with Crippen LogP contribution in [0.5, 0.6) is 11.5 Å². The van der Waals surface area contributed by atoms with Gasteiger partial charge in [-0.25, -0.2) is 4.79 Å². The number of pyridine rings is 1. The van der Waals surface area contributed by atoms with Gasteiger partial charge in [0.2, 0.25) is 0 Å². The monoisotopic (exact) mass is 311 g/mol. The summed E-state index contributed by atoms with van der Waals surface area (Å²) in [5.74, 6) is 0.646. The van der Waals surface area contributed by atoms with Gasteiger partial charge in [-0.1, -0.05) is 0 Å². The second-order valence-electron chi connectivity index (χ2n) is 5.33. The molecule has 3 aromatic rings. The predicted octanol–water partition coefficient (Wildman–Crippen LogP) is 3.35. The number of carboxylic acids is 1. The van der Waals surface area contributed by atoms with Crippen LogP contribution in [0.3, 0.4) is 0 Å². The first-order valence-electron chi connectivity index (χ1n) is 7.13. The zero-order valence-corrected chi connectivity index (χ0v) is 12.3. The van der Waals surface area contributed by atoms with E-state index in [-0.39, 0.29) is 11.7 Å². The Bertz CT molecular complexity index is 914. The molecule has 6 heteroatoms. The fourth-order valence-electron chi connectivity index (χ4n) is 2.83. The fraction of sp³-hybridized carbons (Fsp3) is 0.176. The first-order valence-corrected chi connectivity index (χ1v) is 7.13. The molecule has 0 fully saturated rings. The average molecular weight is 311 g/mol. The molecule has 0 saturated carbocycles. The highest BCUT2D eigenvalue weighted by Gasteiger charge is 2.26. The van der Waals surface area contributed by atoms with Gasteiger partial charge in [-0.15, -0.1) is 0 Å². The van der Waals surface area contributed by atoms with Crippen LogP contribution in [-0.4, -0.2) is 22.7 Å². The van der Waals surface area contributed by atoms with Gasteiger partial charge in [-0.05, 0) is 31.2 Å². The number of aromatic carboxylic acids is 1. The van der Waals surface area contributed by atoms with E-state index >= 15 is 0 Å². The van der Waals surface area contributed by atoms with Crippen LogP contribution in [0.4, 0.5) is 0 Å². The van der Waals surface area contributed by atoms with Crippen LogP contribution in [-0.2, 0) is 0 Å². The largest absolute Gasteiger partial charge is 0.487 e. The number of benzene rings is 1. The molecule has 23 heavy (non-hydrogen) atoms. The minimum Gasteiger partial charge on any atom is -0.487 e. The van der Waals surface area contributed by atoms with Crippen LogP contribution in [0, 0.1) is 6.92 Å². The minimum absolute atomic E-state index is 0.165. The van der Waals surface area contributed by atoms with Crippen molar-refractivity contribution in [1.82, 2.24) is 4.98 Å². The molecule has 116 valence electrons. The van der Waals surface area contributed by atoms with Crippen molar-refractivity contribution in [2.45, 2.75) is 13.0 Å². The molecule has 0 aliphatic carbocycles. The highest BCUT2D eigenvalue weighted by molar-refractivity contribution is 6.03. The molecule has 1 aliphatic heterocycles. The van der Waals surface area contributed by atoms with E-state index in [2.05, 4.69) is 4.98 Å². The van der Waals surface area contributed by atoms with E-state index in [0.717, 1.165) is 5.56 Å². The van der Waals surface area contributed by atoms with E-state index in [1.807, 2.05) is 6.07 Å². The zero-order valence-electron chi connectivity index (χ0n) is 12.3. The molecule has 0 amide bonds. The van der Waals surface area contributed by atoms with E-state index in [0.29, 0.717) is 34.8 Å². The smallest absolute Gasteiger partial charge is 0.339 e. The van der Waals surface area contributed by atoms with Crippen molar-refractivity contribution in [3.8, 4) is 11.5 Å². The third-order valence-electron chi connectivity index (χ3n) is 3.88. The summed E-state index contributed by atoms with van der Waals surface area (Å²) >= 11 is 0. The van der Waals surface area contributed by atoms with Gasteiger partial charge in [0, 0.05) is 17.1 Å². The molecule has 3 heterocycles. The third-order valence-corrected chi connectivity index (χ3v) is 3.88. The van der Waals surface area contributed by atoms with Crippen LogP contribution in [0.1, 0.15) is 27.8 Å². The molecular weight excluding hydrogens is 298 g/mol. The summed E-state index contributed by atoms with van der Waals surface area (Å²) in [6.07, 6.45) is 3.10. The Morgan fingerprint density at radius 1 is 1.39 bits per heavy atom. The number of fused-ring (bicyclic) bond motifs is 2. The van der Waals surface area contributed by atoms with Gasteiger partial charge < -0.3 is 19.0 Å². The number of aromatic nitrogens is 1. The van der Waals surface area contributed by atoms with Gasteiger partial charge in [-0.2, -0.15) is 0 Å². The Kier molecular flexibility index (Phi) is 2.97. The molecule has 6 nitrogen and oxygen atoms in total. The number of ether oxygens (including phenoxy) is 2. The van der Waals surface area contributed by atoms with Crippen molar-refractivity contribution in [2.75, 3.05) is 6.61 Å². The molecule has 1 atom stereocenters. The Labute approximate surface area is 131 Å². The number of furan rings is 1. The molecule has 2 aromatic heterocycles. The van der Waals surface area contributed by atoms with E-state index in [4.69, 9.17) is 13.9 Å². The summed E-state index contributed by atoms with van der Waals surface area (Å²) in [6, 6.07) is 7.02. The normalized spacial score (nSPS) is 16.1. The number of carboxylic acid groups (broad SMARTS) is 1. The topological polar surface area (TPSA) is 81.8 Å². The standard InChI is InChI=1S/C17H13NO5/c1-9-16(17(19)20)12-6-10(2-3-13(12)22-9)23-15-8-21-14-7-18-5-4-11(14)15/h2-7,15H,8H2,1H3,(H,19,20). The van der Waals surface area contributed by atoms with Gasteiger partial charge in [0.1, 0.15) is 35.0 Å². The number of rotatable bonds is 3. The van der Waals surface area contributed by atoms with Gasteiger partial charge in [0.25, 0.3) is 0 Å². The SMILES string of the molecule is Cc1oc2ccc(OC3COc4cnccc43)cc2c1C(=O)O. The Balaban J connectivity index is 1.71. The number of nitrogens with zero attached hydrogens (tertiary/aromatic N) is 1. The fourth-order valence-corrected chi connectivity index (χ4v) is 2.83. The van der Waals surface area contributed by atoms with E-state index < -0.39 is 5.97 Å². The maximum atomic E-state index is 11.4. The lowest BCUT2D eigenvalue weighted by Gasteiger charge is -2.12. The number of aryl methyl sites for hydroxylation is 1. The van der Waals surface area contributed by atoms with E-state index in [9.17, 15) is 9.90 Å². The molecule has 1 N–H and O–H groups in total. The van der Waals surface area contributed by atoms with Gasteiger partial charge in [0.05, 0.1) is 6.20 Å². The first-order chi connectivity index (χ1) is 11.1. The maximum Gasteiger partial charge on any atom is 0.339 e. The van der Waals surface area contributed by atoms with Crippen LogP contribution < -0.4 is 9.47 Å². The highest BCUT2D eigenvalue weighted by Crippen LogP contribution is 2.36. The second kappa shape index (κ2) is 5.01. The second-order valence-corrected chi connectivity index (χ2v) is 5.33. The van der Waals surface area contributed by atoms with Crippen molar-refractivity contribution in [3.05, 3.63) is 53.5 Å². The quantitative estimate of drug-likeness (QED) is 0.799. The lowest BCUT2D eigenvalue weighted by atomic mass is 10.1. The summed E-state index contributed by atoms with van der Waals surface area (Å²) in [6.45, 7) is 2.04. The minimum atomic E-state index is -1.01. The van der Waals surface area contributed by atoms with Gasteiger partial charge >= 0.3 is 5.97 Å². The van der Waals surface area contributed by atoms with Crippen molar-refractivity contribution in [3.63, 3.8) is 0 Å². The molecule has 1 aromatic carbocycles. The summed E-state index contributed by atoms with van der Waals surface area (Å²) in [7, 11) is 0. The summed E-state index contributed by atoms with van der Waals surface area (Å²) in [5, 5.41) is 9.86. The average Bonchev–Trinajstić information content (AvgIpc) is 3.07. The number of carbonyl (C=O) groups is 1. The van der Waals surface area contributed by atoms with Crippen LogP contribution >= 0.6 is 0 Å². The van der Waals surface area contributed by atoms with Crippen LogP contribution in [0.25, 0.3) is 11.0 Å². The lowest BCUT2D eigenvalue weighted by molar-refractivity contribution is 0.0697. The van der Waals surface area contributed by atoms with Crippen LogP contribution in [0.2, 0.25) is 0 Å². The molecule has 0 radical (unpaired) electrons. The maximum absolute atomic E-state index is 11.4. The molecule has 0 saturated heterocycles. The molecule has 1 aliphatic rings. The van der Waals surface area contributed by atoms with E-state index in [1.165, 1.54) is 0 Å². The zero-order chi connectivity index (χ0) is 16.0. The van der Waals surface area contributed by atoms with Crippen LogP contribution in [0.15, 0.2) is 41.1 Å². The highest BCUT2D eigenvalue weighted by atomic mass is 16.5. The van der Waals surface area contributed by atoms with Gasteiger partial charge in [-0.3, -0.25) is 4.98 Å². The van der Waals surface area contributed by atoms with Crippen molar-refractivity contribution in [2.24, 2.45) is 0 Å². The van der Waals surface area contributed by atoms with Crippen molar-refractivity contribution < 1.29 is 23.8 Å². The molecule has 0 spiro atoms. The van der Waals surface area contributed by atoms with Crippen molar-refractivity contribution >= 4 is 16.9 Å². The molecular formula is C17H13NO5. The molecule has 4 rings (SSSR count). The van der Waals surface area contributed by atoms with Gasteiger partial charge in [0.15, 0.2) is 6.10 Å². The third kappa shape index (κ3) is 2.19. The van der Waals surface area contributed by atoms with E-state index in [1.54, 1.807) is 37.5 Å². The Morgan fingerprint density at radius 2 is 2.26 bits per heavy atom. The van der Waals surface area contributed by atoms with Crippen molar-refractivity contribution in [1.29, 1.82) is 0 Å². The number of hydrogen-bond acceptors (Lipinski definition) is 5.